The third-order valence-corrected chi connectivity index (χ3v) is 3.13. The lowest BCUT2D eigenvalue weighted by Crippen LogP contribution is -1.97. The molecule has 19 heavy (non-hydrogen) atoms. The molecular formula is C15H19NO3. The van der Waals surface area contributed by atoms with E-state index in [1.807, 2.05) is 18.2 Å². The first-order valence-electron chi connectivity index (χ1n) is 6.42. The van der Waals surface area contributed by atoms with Gasteiger partial charge < -0.3 is 14.4 Å². The van der Waals surface area contributed by atoms with Gasteiger partial charge in [-0.1, -0.05) is 24.2 Å². The summed E-state index contributed by atoms with van der Waals surface area (Å²) in [6, 6.07) is 9.95. The van der Waals surface area contributed by atoms with E-state index in [1.165, 1.54) is 5.56 Å². The highest BCUT2D eigenvalue weighted by Gasteiger charge is 2.13. The van der Waals surface area contributed by atoms with Crippen LogP contribution < -0.4 is 4.74 Å². The quantitative estimate of drug-likeness (QED) is 0.868. The first kappa shape index (κ1) is 13.6. The standard InChI is InChI=1S/C15H19NO3/c1-11(15-10-13(7-8-17)16-19-15)9-12-3-5-14(18-2)6-4-12/h3-6,10-11,17H,7-9H2,1-2H3/t11-/m0/s1. The van der Waals surface area contributed by atoms with E-state index in [-0.39, 0.29) is 12.5 Å². The molecule has 0 saturated heterocycles. The molecule has 4 heteroatoms. The van der Waals surface area contributed by atoms with Crippen molar-refractivity contribution >= 4 is 0 Å². The lowest BCUT2D eigenvalue weighted by molar-refractivity contribution is 0.292. The van der Waals surface area contributed by atoms with Crippen molar-refractivity contribution in [3.05, 3.63) is 47.3 Å². The molecular weight excluding hydrogens is 242 g/mol. The molecule has 1 aromatic carbocycles. The molecule has 102 valence electrons. The van der Waals surface area contributed by atoms with Gasteiger partial charge in [0.25, 0.3) is 0 Å². The fourth-order valence-electron chi connectivity index (χ4n) is 2.01. The Hall–Kier alpha value is -1.81. The predicted octanol–water partition coefficient (Wildman–Crippen LogP) is 2.56. The first-order chi connectivity index (χ1) is 9.22. The molecule has 0 bridgehead atoms. The van der Waals surface area contributed by atoms with Crippen LogP contribution in [0.25, 0.3) is 0 Å². The van der Waals surface area contributed by atoms with Gasteiger partial charge in [0.2, 0.25) is 0 Å². The van der Waals surface area contributed by atoms with Crippen LogP contribution in [-0.2, 0) is 12.8 Å². The fourth-order valence-corrected chi connectivity index (χ4v) is 2.01. The molecule has 1 N–H and O–H groups in total. The summed E-state index contributed by atoms with van der Waals surface area (Å²) in [7, 11) is 1.66. The molecule has 4 nitrogen and oxygen atoms in total. The van der Waals surface area contributed by atoms with Crippen LogP contribution in [-0.4, -0.2) is 24.0 Å². The van der Waals surface area contributed by atoms with E-state index in [2.05, 4.69) is 24.2 Å². The maximum Gasteiger partial charge on any atom is 0.140 e. The molecule has 0 radical (unpaired) electrons. The lowest BCUT2D eigenvalue weighted by Gasteiger charge is -2.08. The van der Waals surface area contributed by atoms with E-state index in [0.717, 1.165) is 23.6 Å². The maximum absolute atomic E-state index is 8.86. The van der Waals surface area contributed by atoms with Crippen molar-refractivity contribution in [2.24, 2.45) is 0 Å². The number of nitrogens with zero attached hydrogens (tertiary/aromatic N) is 1. The summed E-state index contributed by atoms with van der Waals surface area (Å²) >= 11 is 0. The minimum absolute atomic E-state index is 0.0961. The van der Waals surface area contributed by atoms with E-state index >= 15 is 0 Å². The van der Waals surface area contributed by atoms with E-state index < -0.39 is 0 Å². The monoisotopic (exact) mass is 261 g/mol. The molecule has 0 aliphatic heterocycles. The van der Waals surface area contributed by atoms with Crippen LogP contribution in [0.5, 0.6) is 5.75 Å². The largest absolute Gasteiger partial charge is 0.497 e. The highest BCUT2D eigenvalue weighted by Crippen LogP contribution is 2.22. The highest BCUT2D eigenvalue weighted by molar-refractivity contribution is 5.28. The number of ether oxygens (including phenoxy) is 1. The number of aromatic nitrogens is 1. The molecule has 2 aromatic rings. The summed E-state index contributed by atoms with van der Waals surface area (Å²) in [5, 5.41) is 12.8. The fraction of sp³-hybridized carbons (Fsp3) is 0.400. The Morgan fingerprint density at radius 3 is 2.68 bits per heavy atom. The predicted molar refractivity (Wildman–Crippen MR) is 72.4 cm³/mol. The van der Waals surface area contributed by atoms with Crippen LogP contribution >= 0.6 is 0 Å². The molecule has 0 amide bonds. The van der Waals surface area contributed by atoms with E-state index in [9.17, 15) is 0 Å². The third kappa shape index (κ3) is 3.58. The van der Waals surface area contributed by atoms with Gasteiger partial charge in [0, 0.05) is 25.0 Å². The Labute approximate surface area is 113 Å². The van der Waals surface area contributed by atoms with Crippen molar-refractivity contribution in [2.75, 3.05) is 13.7 Å². The van der Waals surface area contributed by atoms with Gasteiger partial charge in [-0.05, 0) is 24.1 Å². The molecule has 0 saturated carbocycles. The number of benzene rings is 1. The van der Waals surface area contributed by atoms with Crippen LogP contribution in [0.3, 0.4) is 0 Å². The van der Waals surface area contributed by atoms with E-state index in [4.69, 9.17) is 14.4 Å². The summed E-state index contributed by atoms with van der Waals surface area (Å²) in [6.45, 7) is 2.20. The maximum atomic E-state index is 8.86. The Bertz CT molecular complexity index is 504. The zero-order chi connectivity index (χ0) is 13.7. The van der Waals surface area contributed by atoms with Gasteiger partial charge in [-0.3, -0.25) is 0 Å². The molecule has 0 aliphatic rings. The SMILES string of the molecule is COc1ccc(C[C@H](C)c2cc(CCO)no2)cc1. The molecule has 2 rings (SSSR count). The normalized spacial score (nSPS) is 12.4. The van der Waals surface area contributed by atoms with Crippen LogP contribution in [0.1, 0.15) is 29.9 Å². The number of hydrogen-bond acceptors (Lipinski definition) is 4. The van der Waals surface area contributed by atoms with Crippen molar-refractivity contribution in [2.45, 2.75) is 25.7 Å². The van der Waals surface area contributed by atoms with Crippen LogP contribution in [0.15, 0.2) is 34.9 Å². The molecule has 1 aromatic heterocycles. The second-order valence-electron chi connectivity index (χ2n) is 4.65. The van der Waals surface area contributed by atoms with Gasteiger partial charge in [-0.25, -0.2) is 0 Å². The average Bonchev–Trinajstić information content (AvgIpc) is 2.89. The third-order valence-electron chi connectivity index (χ3n) is 3.13. The average molecular weight is 261 g/mol. The molecule has 0 fully saturated rings. The number of rotatable bonds is 6. The smallest absolute Gasteiger partial charge is 0.140 e. The number of methoxy groups -OCH3 is 1. The zero-order valence-corrected chi connectivity index (χ0v) is 11.3. The minimum Gasteiger partial charge on any atom is -0.497 e. The van der Waals surface area contributed by atoms with Gasteiger partial charge in [0.15, 0.2) is 0 Å². The van der Waals surface area contributed by atoms with E-state index in [1.54, 1.807) is 7.11 Å². The Morgan fingerprint density at radius 1 is 1.32 bits per heavy atom. The summed E-state index contributed by atoms with van der Waals surface area (Å²) in [4.78, 5) is 0. The topological polar surface area (TPSA) is 55.5 Å². The summed E-state index contributed by atoms with van der Waals surface area (Å²) in [6.07, 6.45) is 1.43. The Kier molecular flexibility index (Phi) is 4.58. The van der Waals surface area contributed by atoms with Gasteiger partial charge in [-0.15, -0.1) is 0 Å². The molecule has 0 unspecified atom stereocenters. The Morgan fingerprint density at radius 2 is 2.05 bits per heavy atom. The van der Waals surface area contributed by atoms with E-state index in [0.29, 0.717) is 6.42 Å². The molecule has 0 spiro atoms. The first-order valence-corrected chi connectivity index (χ1v) is 6.42. The van der Waals surface area contributed by atoms with Gasteiger partial charge in [0.1, 0.15) is 11.5 Å². The van der Waals surface area contributed by atoms with Crippen LogP contribution in [0.2, 0.25) is 0 Å². The highest BCUT2D eigenvalue weighted by atomic mass is 16.5. The van der Waals surface area contributed by atoms with Gasteiger partial charge in [-0.2, -0.15) is 0 Å². The molecule has 1 heterocycles. The van der Waals surface area contributed by atoms with Gasteiger partial charge >= 0.3 is 0 Å². The lowest BCUT2D eigenvalue weighted by atomic mass is 9.98. The number of aliphatic hydroxyl groups is 1. The van der Waals surface area contributed by atoms with Crippen molar-refractivity contribution in [3.63, 3.8) is 0 Å². The number of aliphatic hydroxyl groups excluding tert-OH is 1. The molecule has 1 atom stereocenters. The molecule has 0 aliphatic carbocycles. The zero-order valence-electron chi connectivity index (χ0n) is 11.3. The summed E-state index contributed by atoms with van der Waals surface area (Å²) in [5.74, 6) is 1.98. The van der Waals surface area contributed by atoms with Gasteiger partial charge in [0.05, 0.1) is 12.8 Å². The second-order valence-corrected chi connectivity index (χ2v) is 4.65. The summed E-state index contributed by atoms with van der Waals surface area (Å²) in [5.41, 5.74) is 2.03. The van der Waals surface area contributed by atoms with Crippen molar-refractivity contribution < 1.29 is 14.4 Å². The van der Waals surface area contributed by atoms with Crippen molar-refractivity contribution in [1.29, 1.82) is 0 Å². The second kappa shape index (κ2) is 6.38. The number of hydrogen-bond donors (Lipinski definition) is 1. The van der Waals surface area contributed by atoms with Crippen molar-refractivity contribution in [3.8, 4) is 5.75 Å². The minimum atomic E-state index is 0.0961. The van der Waals surface area contributed by atoms with Crippen molar-refractivity contribution in [1.82, 2.24) is 5.16 Å². The summed E-state index contributed by atoms with van der Waals surface area (Å²) < 4.78 is 10.4. The Balaban J connectivity index is 2.00. The van der Waals surface area contributed by atoms with Crippen LogP contribution in [0.4, 0.5) is 0 Å². The van der Waals surface area contributed by atoms with Crippen LogP contribution in [0, 0.1) is 0 Å².